The molecule has 1 aliphatic heterocycles. The van der Waals surface area contributed by atoms with Crippen LogP contribution in [0.4, 0.5) is 5.69 Å². The van der Waals surface area contributed by atoms with Gasteiger partial charge in [0.1, 0.15) is 28.6 Å². The standard InChI is InChI=1S/C24H27N5O7/c1-27-9-11-28(12-10-27)8-2-7-25-24(32)19-15-22(36-26-19)23-20(31)13-17(30)14-21(23)35-18-5-3-16(4-6-18)29(33)34/h3-6,13-15,30-31H,2,7-12H2,1H3,(H,25,32). The summed E-state index contributed by atoms with van der Waals surface area (Å²) in [4.78, 5) is 27.5. The van der Waals surface area contributed by atoms with Crippen molar-refractivity contribution in [1.82, 2.24) is 20.3 Å². The van der Waals surface area contributed by atoms with Gasteiger partial charge in [-0.25, -0.2) is 0 Å². The SMILES string of the molecule is CN1CCN(CCCNC(=O)c2cc(-c3c(O)cc(O)cc3Oc3ccc([N+](=O)[O-])cc3)on2)CC1. The van der Waals surface area contributed by atoms with Crippen molar-refractivity contribution in [2.45, 2.75) is 6.42 Å². The number of benzene rings is 2. The highest BCUT2D eigenvalue weighted by Gasteiger charge is 2.22. The molecule has 0 bridgehead atoms. The van der Waals surface area contributed by atoms with Crippen LogP contribution in [0.3, 0.4) is 0 Å². The topological polar surface area (TPSA) is 154 Å². The first-order chi connectivity index (χ1) is 17.3. The molecular weight excluding hydrogens is 470 g/mol. The number of hydrogen-bond acceptors (Lipinski definition) is 10. The lowest BCUT2D eigenvalue weighted by Gasteiger charge is -2.32. The Balaban J connectivity index is 1.42. The Kier molecular flexibility index (Phi) is 7.66. The maximum atomic E-state index is 12.5. The molecule has 4 rings (SSSR count). The second-order valence-electron chi connectivity index (χ2n) is 8.52. The lowest BCUT2D eigenvalue weighted by molar-refractivity contribution is -0.384. The fourth-order valence-corrected chi connectivity index (χ4v) is 3.84. The molecule has 3 aromatic rings. The predicted molar refractivity (Wildman–Crippen MR) is 129 cm³/mol. The molecule has 36 heavy (non-hydrogen) atoms. The molecule has 0 spiro atoms. The largest absolute Gasteiger partial charge is 0.508 e. The van der Waals surface area contributed by atoms with E-state index in [1.807, 2.05) is 0 Å². The summed E-state index contributed by atoms with van der Waals surface area (Å²) in [5.74, 6) is -0.763. The maximum Gasteiger partial charge on any atom is 0.273 e. The number of nitro benzene ring substituents is 1. The summed E-state index contributed by atoms with van der Waals surface area (Å²) in [5.41, 5.74) is -0.0260. The van der Waals surface area contributed by atoms with Crippen molar-refractivity contribution in [3.63, 3.8) is 0 Å². The number of ether oxygens (including phenoxy) is 1. The molecule has 12 nitrogen and oxygen atoms in total. The molecule has 3 N–H and O–H groups in total. The van der Waals surface area contributed by atoms with E-state index in [4.69, 9.17) is 9.26 Å². The number of nitrogens with zero attached hydrogens (tertiary/aromatic N) is 4. The molecule has 1 aliphatic rings. The van der Waals surface area contributed by atoms with Crippen LogP contribution < -0.4 is 10.1 Å². The zero-order chi connectivity index (χ0) is 25.7. The summed E-state index contributed by atoms with van der Waals surface area (Å²) in [7, 11) is 2.10. The van der Waals surface area contributed by atoms with Crippen LogP contribution in [0.2, 0.25) is 0 Å². The van der Waals surface area contributed by atoms with E-state index < -0.39 is 10.8 Å². The van der Waals surface area contributed by atoms with E-state index in [1.54, 1.807) is 0 Å². The third-order valence-electron chi connectivity index (χ3n) is 5.86. The normalized spacial score (nSPS) is 14.5. The predicted octanol–water partition coefficient (Wildman–Crippen LogP) is 2.82. The quantitative estimate of drug-likeness (QED) is 0.228. The van der Waals surface area contributed by atoms with Gasteiger partial charge in [-0.15, -0.1) is 0 Å². The smallest absolute Gasteiger partial charge is 0.273 e. The second kappa shape index (κ2) is 11.1. The van der Waals surface area contributed by atoms with Gasteiger partial charge in [-0.2, -0.15) is 0 Å². The van der Waals surface area contributed by atoms with Crippen LogP contribution >= 0.6 is 0 Å². The molecule has 1 fully saturated rings. The van der Waals surface area contributed by atoms with Crippen LogP contribution in [0.5, 0.6) is 23.0 Å². The van der Waals surface area contributed by atoms with Crippen LogP contribution in [0.1, 0.15) is 16.9 Å². The molecule has 1 saturated heterocycles. The van der Waals surface area contributed by atoms with Gasteiger partial charge in [0, 0.05) is 63.1 Å². The van der Waals surface area contributed by atoms with Crippen molar-refractivity contribution in [3.05, 3.63) is 58.3 Å². The monoisotopic (exact) mass is 497 g/mol. The third kappa shape index (κ3) is 6.09. The highest BCUT2D eigenvalue weighted by atomic mass is 16.6. The maximum absolute atomic E-state index is 12.5. The molecule has 190 valence electrons. The summed E-state index contributed by atoms with van der Waals surface area (Å²) >= 11 is 0. The van der Waals surface area contributed by atoms with E-state index in [9.17, 15) is 25.1 Å². The Morgan fingerprint density at radius 3 is 2.58 bits per heavy atom. The fraction of sp³-hybridized carbons (Fsp3) is 0.333. The highest BCUT2D eigenvalue weighted by molar-refractivity contribution is 5.93. The Morgan fingerprint density at radius 1 is 1.17 bits per heavy atom. The lowest BCUT2D eigenvalue weighted by atomic mass is 10.1. The zero-order valence-electron chi connectivity index (χ0n) is 19.7. The van der Waals surface area contributed by atoms with Crippen LogP contribution in [-0.2, 0) is 0 Å². The number of phenols is 2. The molecule has 0 saturated carbocycles. The Labute approximate surface area is 206 Å². The van der Waals surface area contributed by atoms with E-state index in [1.165, 1.54) is 36.4 Å². The van der Waals surface area contributed by atoms with E-state index in [0.717, 1.165) is 45.2 Å². The number of non-ortho nitro benzene ring substituents is 1. The van der Waals surface area contributed by atoms with E-state index in [0.29, 0.717) is 6.54 Å². The fourth-order valence-electron chi connectivity index (χ4n) is 3.84. The molecule has 0 unspecified atom stereocenters. The molecule has 2 aromatic carbocycles. The number of piperazine rings is 1. The summed E-state index contributed by atoms with van der Waals surface area (Å²) in [6, 6.07) is 8.99. The van der Waals surface area contributed by atoms with Gasteiger partial charge in [-0.05, 0) is 32.1 Å². The van der Waals surface area contributed by atoms with Crippen molar-refractivity contribution in [3.8, 4) is 34.3 Å². The minimum atomic E-state index is -0.539. The van der Waals surface area contributed by atoms with Crippen LogP contribution in [0, 0.1) is 10.1 Å². The molecule has 2 heterocycles. The van der Waals surface area contributed by atoms with Gasteiger partial charge in [-0.1, -0.05) is 5.16 Å². The number of amides is 1. The minimum absolute atomic E-state index is 0.0108. The van der Waals surface area contributed by atoms with Crippen molar-refractivity contribution in [2.24, 2.45) is 0 Å². The molecule has 0 atom stereocenters. The number of aromatic nitrogens is 1. The van der Waals surface area contributed by atoms with Gasteiger partial charge < -0.3 is 34.6 Å². The average molecular weight is 498 g/mol. The number of carbonyl (C=O) groups excluding carboxylic acids is 1. The molecule has 1 aromatic heterocycles. The van der Waals surface area contributed by atoms with Gasteiger partial charge in [0.05, 0.1) is 4.92 Å². The van der Waals surface area contributed by atoms with Crippen LogP contribution in [-0.4, -0.2) is 82.3 Å². The number of likely N-dealkylation sites (N-methyl/N-ethyl adjacent to an activating group) is 1. The Morgan fingerprint density at radius 2 is 1.89 bits per heavy atom. The Hall–Kier alpha value is -4.16. The minimum Gasteiger partial charge on any atom is -0.508 e. The molecule has 0 radical (unpaired) electrons. The van der Waals surface area contributed by atoms with Crippen LogP contribution in [0.25, 0.3) is 11.3 Å². The first-order valence-electron chi connectivity index (χ1n) is 11.4. The highest BCUT2D eigenvalue weighted by Crippen LogP contribution is 2.43. The Bertz CT molecular complexity index is 1220. The van der Waals surface area contributed by atoms with Gasteiger partial charge in [0.15, 0.2) is 11.5 Å². The molecule has 1 amide bonds. The van der Waals surface area contributed by atoms with Crippen LogP contribution in [0.15, 0.2) is 47.0 Å². The first kappa shape index (κ1) is 24.9. The summed E-state index contributed by atoms with van der Waals surface area (Å²) < 4.78 is 11.0. The summed E-state index contributed by atoms with van der Waals surface area (Å²) in [6.45, 7) is 5.46. The van der Waals surface area contributed by atoms with Gasteiger partial charge in [0.25, 0.3) is 11.6 Å². The molecule has 0 aliphatic carbocycles. The number of rotatable bonds is 9. The number of aromatic hydroxyl groups is 2. The van der Waals surface area contributed by atoms with E-state index >= 15 is 0 Å². The number of hydrogen-bond donors (Lipinski definition) is 3. The zero-order valence-corrected chi connectivity index (χ0v) is 19.7. The third-order valence-corrected chi connectivity index (χ3v) is 5.86. The average Bonchev–Trinajstić information content (AvgIpc) is 3.32. The molecular formula is C24H27N5O7. The van der Waals surface area contributed by atoms with Crippen molar-refractivity contribution in [2.75, 3.05) is 46.3 Å². The van der Waals surface area contributed by atoms with Gasteiger partial charge in [0.2, 0.25) is 0 Å². The molecule has 12 heteroatoms. The number of phenolic OH excluding ortho intramolecular Hbond substituents is 2. The summed E-state index contributed by atoms with van der Waals surface area (Å²) in [6.07, 6.45) is 0.798. The van der Waals surface area contributed by atoms with E-state index in [2.05, 4.69) is 27.3 Å². The van der Waals surface area contributed by atoms with Crippen molar-refractivity contribution >= 4 is 11.6 Å². The van der Waals surface area contributed by atoms with E-state index in [-0.39, 0.29) is 45.7 Å². The van der Waals surface area contributed by atoms with Gasteiger partial charge >= 0.3 is 0 Å². The number of nitro groups is 1. The van der Waals surface area contributed by atoms with Crippen molar-refractivity contribution < 1.29 is 29.2 Å². The first-order valence-corrected chi connectivity index (χ1v) is 11.4. The van der Waals surface area contributed by atoms with Gasteiger partial charge in [-0.3, -0.25) is 14.9 Å². The summed E-state index contributed by atoms with van der Waals surface area (Å²) in [5, 5.41) is 37.9. The second-order valence-corrected chi connectivity index (χ2v) is 8.52. The van der Waals surface area contributed by atoms with Crippen molar-refractivity contribution in [1.29, 1.82) is 0 Å². The number of carbonyl (C=O) groups is 1. The lowest BCUT2D eigenvalue weighted by Crippen LogP contribution is -2.45. The number of nitrogens with one attached hydrogen (secondary N) is 1.